The molecule has 1 aromatic carbocycles. The van der Waals surface area contributed by atoms with E-state index in [0.717, 1.165) is 0 Å². The third-order valence-electron chi connectivity index (χ3n) is 2.37. The van der Waals surface area contributed by atoms with Gasteiger partial charge < -0.3 is 5.11 Å². The number of ketones is 1. The highest BCUT2D eigenvalue weighted by atomic mass is 16.4. The standard InChI is InChI=1S/C12H9NO3/c1-7(14)9-6-13-10-5-3-2-4-8(10)11(9)12(15)16/h2-6H,1H3,(H,15,16). The number of aromatic carboxylic acids is 1. The first-order chi connectivity index (χ1) is 7.61. The number of carboxylic acid groups (broad SMARTS) is 1. The van der Waals surface area contributed by atoms with Gasteiger partial charge in [-0.2, -0.15) is 0 Å². The van der Waals surface area contributed by atoms with Crippen LogP contribution in [0.15, 0.2) is 30.5 Å². The molecule has 2 rings (SSSR count). The third kappa shape index (κ3) is 1.54. The number of carboxylic acids is 1. The molecule has 0 bridgehead atoms. The van der Waals surface area contributed by atoms with Crippen LogP contribution in [0.5, 0.6) is 0 Å². The number of pyridine rings is 1. The number of nitrogens with zero attached hydrogens (tertiary/aromatic N) is 1. The molecule has 4 heteroatoms. The molecule has 0 fully saturated rings. The second-order valence-electron chi connectivity index (χ2n) is 3.43. The summed E-state index contributed by atoms with van der Waals surface area (Å²) in [5.74, 6) is -1.40. The van der Waals surface area contributed by atoms with E-state index in [0.29, 0.717) is 10.9 Å². The van der Waals surface area contributed by atoms with Crippen molar-refractivity contribution >= 4 is 22.7 Å². The van der Waals surface area contributed by atoms with Gasteiger partial charge in [0.25, 0.3) is 0 Å². The lowest BCUT2D eigenvalue weighted by Crippen LogP contribution is -2.08. The van der Waals surface area contributed by atoms with Crippen molar-refractivity contribution in [1.29, 1.82) is 0 Å². The summed E-state index contributed by atoms with van der Waals surface area (Å²) in [7, 11) is 0. The maximum absolute atomic E-state index is 11.3. The van der Waals surface area contributed by atoms with Crippen molar-refractivity contribution in [1.82, 2.24) is 4.98 Å². The second-order valence-corrected chi connectivity index (χ2v) is 3.43. The number of hydrogen-bond donors (Lipinski definition) is 1. The first-order valence-corrected chi connectivity index (χ1v) is 4.73. The summed E-state index contributed by atoms with van der Waals surface area (Å²) in [6, 6.07) is 6.86. The molecule has 1 N–H and O–H groups in total. The molecule has 80 valence electrons. The summed E-state index contributed by atoms with van der Waals surface area (Å²) in [5, 5.41) is 9.62. The number of aromatic nitrogens is 1. The highest BCUT2D eigenvalue weighted by Gasteiger charge is 2.17. The fourth-order valence-corrected chi connectivity index (χ4v) is 1.64. The van der Waals surface area contributed by atoms with Crippen molar-refractivity contribution in [3.05, 3.63) is 41.6 Å². The number of carbonyl (C=O) groups is 2. The van der Waals surface area contributed by atoms with Crippen molar-refractivity contribution in [2.45, 2.75) is 6.92 Å². The summed E-state index contributed by atoms with van der Waals surface area (Å²) in [6.07, 6.45) is 1.31. The van der Waals surface area contributed by atoms with Crippen molar-refractivity contribution < 1.29 is 14.7 Å². The lowest BCUT2D eigenvalue weighted by molar-refractivity contribution is 0.0694. The number of para-hydroxylation sites is 1. The Hall–Kier alpha value is -2.23. The minimum absolute atomic E-state index is 0.0260. The van der Waals surface area contributed by atoms with Gasteiger partial charge in [0.2, 0.25) is 0 Å². The zero-order valence-electron chi connectivity index (χ0n) is 8.60. The molecule has 0 spiro atoms. The van der Waals surface area contributed by atoms with Gasteiger partial charge in [-0.25, -0.2) is 4.79 Å². The van der Waals surface area contributed by atoms with Gasteiger partial charge in [0, 0.05) is 11.6 Å². The van der Waals surface area contributed by atoms with E-state index < -0.39 is 5.97 Å². The predicted octanol–water partition coefficient (Wildman–Crippen LogP) is 2.14. The van der Waals surface area contributed by atoms with E-state index in [1.165, 1.54) is 13.1 Å². The molecule has 0 saturated heterocycles. The van der Waals surface area contributed by atoms with Crippen LogP contribution in [-0.2, 0) is 0 Å². The SMILES string of the molecule is CC(=O)c1cnc2ccccc2c1C(=O)O. The van der Waals surface area contributed by atoms with E-state index in [4.69, 9.17) is 5.11 Å². The first-order valence-electron chi connectivity index (χ1n) is 4.73. The minimum atomic E-state index is -1.11. The Morgan fingerprint density at radius 1 is 1.25 bits per heavy atom. The summed E-state index contributed by atoms with van der Waals surface area (Å²) in [6.45, 7) is 1.33. The number of hydrogen-bond acceptors (Lipinski definition) is 3. The number of rotatable bonds is 2. The molecule has 0 aliphatic carbocycles. The van der Waals surface area contributed by atoms with E-state index in [2.05, 4.69) is 4.98 Å². The molecule has 0 aliphatic heterocycles. The highest BCUT2D eigenvalue weighted by molar-refractivity contribution is 6.12. The van der Waals surface area contributed by atoms with Gasteiger partial charge in [-0.3, -0.25) is 9.78 Å². The van der Waals surface area contributed by atoms with Gasteiger partial charge in [0.05, 0.1) is 16.6 Å². The fraction of sp³-hybridized carbons (Fsp3) is 0.0833. The quantitative estimate of drug-likeness (QED) is 0.779. The molecule has 0 saturated carbocycles. The van der Waals surface area contributed by atoms with Crippen molar-refractivity contribution in [3.8, 4) is 0 Å². The van der Waals surface area contributed by atoms with Crippen LogP contribution < -0.4 is 0 Å². The Kier molecular flexibility index (Phi) is 2.40. The molecule has 0 aliphatic rings. The molecular weight excluding hydrogens is 206 g/mol. The van der Waals surface area contributed by atoms with E-state index in [-0.39, 0.29) is 16.9 Å². The highest BCUT2D eigenvalue weighted by Crippen LogP contribution is 2.20. The van der Waals surface area contributed by atoms with Crippen LogP contribution in [0.1, 0.15) is 27.6 Å². The monoisotopic (exact) mass is 215 g/mol. The molecule has 1 heterocycles. The van der Waals surface area contributed by atoms with Crippen LogP contribution in [0.2, 0.25) is 0 Å². The van der Waals surface area contributed by atoms with Crippen LogP contribution in [-0.4, -0.2) is 21.8 Å². The van der Waals surface area contributed by atoms with E-state index in [1.807, 2.05) is 0 Å². The number of fused-ring (bicyclic) bond motifs is 1. The largest absolute Gasteiger partial charge is 0.478 e. The molecule has 16 heavy (non-hydrogen) atoms. The Bertz CT molecular complexity index is 590. The lowest BCUT2D eigenvalue weighted by atomic mass is 10.0. The topological polar surface area (TPSA) is 67.3 Å². The number of carbonyl (C=O) groups excluding carboxylic acids is 1. The van der Waals surface area contributed by atoms with Crippen molar-refractivity contribution in [2.24, 2.45) is 0 Å². The Morgan fingerprint density at radius 3 is 2.56 bits per heavy atom. The first kappa shape index (κ1) is 10.3. The summed E-state index contributed by atoms with van der Waals surface area (Å²) in [4.78, 5) is 26.5. The van der Waals surface area contributed by atoms with Crippen LogP contribution >= 0.6 is 0 Å². The molecule has 4 nitrogen and oxygen atoms in total. The van der Waals surface area contributed by atoms with Crippen LogP contribution in [0, 0.1) is 0 Å². The Labute approximate surface area is 91.5 Å². The summed E-state index contributed by atoms with van der Waals surface area (Å²) in [5.41, 5.74) is 0.745. The number of Topliss-reactive ketones (excluding diaryl/α,β-unsaturated/α-hetero) is 1. The molecule has 0 radical (unpaired) electrons. The average Bonchev–Trinajstić information content (AvgIpc) is 2.27. The Balaban J connectivity index is 2.90. The fourth-order valence-electron chi connectivity index (χ4n) is 1.64. The van der Waals surface area contributed by atoms with Gasteiger partial charge in [-0.1, -0.05) is 18.2 Å². The van der Waals surface area contributed by atoms with Crippen LogP contribution in [0.4, 0.5) is 0 Å². The van der Waals surface area contributed by atoms with Crippen molar-refractivity contribution in [3.63, 3.8) is 0 Å². The molecular formula is C12H9NO3. The smallest absolute Gasteiger partial charge is 0.337 e. The van der Waals surface area contributed by atoms with Gasteiger partial charge in [0.15, 0.2) is 5.78 Å². The zero-order valence-corrected chi connectivity index (χ0v) is 8.60. The van der Waals surface area contributed by atoms with E-state index >= 15 is 0 Å². The van der Waals surface area contributed by atoms with Gasteiger partial charge in [-0.05, 0) is 13.0 Å². The van der Waals surface area contributed by atoms with E-state index in [1.54, 1.807) is 24.3 Å². The molecule has 0 unspecified atom stereocenters. The predicted molar refractivity (Wildman–Crippen MR) is 58.7 cm³/mol. The Morgan fingerprint density at radius 2 is 1.94 bits per heavy atom. The van der Waals surface area contributed by atoms with Gasteiger partial charge >= 0.3 is 5.97 Å². The average molecular weight is 215 g/mol. The lowest BCUT2D eigenvalue weighted by Gasteiger charge is -2.05. The number of benzene rings is 1. The van der Waals surface area contributed by atoms with Gasteiger partial charge in [-0.15, -0.1) is 0 Å². The van der Waals surface area contributed by atoms with E-state index in [9.17, 15) is 9.59 Å². The third-order valence-corrected chi connectivity index (χ3v) is 2.37. The zero-order chi connectivity index (χ0) is 11.7. The molecule has 1 aromatic heterocycles. The molecule has 0 amide bonds. The van der Waals surface area contributed by atoms with Crippen molar-refractivity contribution in [2.75, 3.05) is 0 Å². The maximum atomic E-state index is 11.3. The molecule has 0 atom stereocenters. The minimum Gasteiger partial charge on any atom is -0.478 e. The molecule has 2 aromatic rings. The maximum Gasteiger partial charge on any atom is 0.337 e. The second kappa shape index (κ2) is 3.73. The van der Waals surface area contributed by atoms with Crippen LogP contribution in [0.3, 0.4) is 0 Å². The van der Waals surface area contributed by atoms with Gasteiger partial charge in [0.1, 0.15) is 0 Å². The van der Waals surface area contributed by atoms with Crippen LogP contribution in [0.25, 0.3) is 10.9 Å². The summed E-state index contributed by atoms with van der Waals surface area (Å²) >= 11 is 0. The normalized spacial score (nSPS) is 10.3. The summed E-state index contributed by atoms with van der Waals surface area (Å²) < 4.78 is 0.